The zero-order valence-electron chi connectivity index (χ0n) is 13.4. The van der Waals surface area contributed by atoms with Crippen LogP contribution in [0.25, 0.3) is 10.2 Å². The molecule has 1 heterocycles. The van der Waals surface area contributed by atoms with E-state index in [9.17, 15) is 4.79 Å². The van der Waals surface area contributed by atoms with Crippen molar-refractivity contribution in [3.63, 3.8) is 0 Å². The van der Waals surface area contributed by atoms with E-state index in [0.717, 1.165) is 65.3 Å². The normalized spacial score (nSPS) is 11.1. The third-order valence-corrected chi connectivity index (χ3v) is 4.99. The van der Waals surface area contributed by atoms with Crippen LogP contribution in [0.15, 0.2) is 10.9 Å². The number of nitrogens with zero attached hydrogens (tertiary/aromatic N) is 1. The van der Waals surface area contributed by atoms with E-state index in [2.05, 4.69) is 23.7 Å². The smallest absolute Gasteiger partial charge is 0.305 e. The molecule has 0 amide bonds. The fourth-order valence-corrected chi connectivity index (χ4v) is 4.14. The monoisotopic (exact) mass is 362 g/mol. The average molecular weight is 363 g/mol. The number of rotatable bonds is 7. The Hall–Kier alpha value is -0.550. The predicted octanol–water partition coefficient (Wildman–Crippen LogP) is 4.64. The van der Waals surface area contributed by atoms with E-state index in [-0.39, 0.29) is 17.3 Å². The molecule has 22 heavy (non-hydrogen) atoms. The SMILES string of the molecule is CCCN(CCC)CCc1c(Cl)cc(C)c2[nH]c(=O)sc12.Cl. The Morgan fingerprint density at radius 2 is 1.86 bits per heavy atom. The summed E-state index contributed by atoms with van der Waals surface area (Å²) < 4.78 is 1.03. The number of aryl methyl sites for hydroxylation is 1. The van der Waals surface area contributed by atoms with Crippen molar-refractivity contribution in [1.29, 1.82) is 0 Å². The molecule has 6 heteroatoms. The van der Waals surface area contributed by atoms with Crippen LogP contribution in [0, 0.1) is 6.92 Å². The second-order valence-electron chi connectivity index (χ2n) is 5.46. The van der Waals surface area contributed by atoms with Crippen LogP contribution in [0.2, 0.25) is 5.02 Å². The summed E-state index contributed by atoms with van der Waals surface area (Å²) >= 11 is 7.70. The number of aromatic nitrogens is 1. The van der Waals surface area contributed by atoms with Crippen LogP contribution >= 0.6 is 35.3 Å². The molecule has 0 atom stereocenters. The van der Waals surface area contributed by atoms with Crippen molar-refractivity contribution in [2.75, 3.05) is 19.6 Å². The minimum absolute atomic E-state index is 0. The molecule has 124 valence electrons. The fraction of sp³-hybridized carbons (Fsp3) is 0.562. The minimum atomic E-state index is -0.00408. The zero-order chi connectivity index (χ0) is 15.4. The van der Waals surface area contributed by atoms with Crippen molar-refractivity contribution < 1.29 is 0 Å². The molecule has 2 aromatic rings. The summed E-state index contributed by atoms with van der Waals surface area (Å²) in [5, 5.41) is 0.781. The van der Waals surface area contributed by atoms with Gasteiger partial charge >= 0.3 is 4.87 Å². The van der Waals surface area contributed by atoms with Gasteiger partial charge in [-0.05, 0) is 56.5 Å². The Balaban J connectivity index is 0.00000242. The molecule has 0 saturated carbocycles. The van der Waals surface area contributed by atoms with E-state index in [1.165, 1.54) is 11.3 Å². The van der Waals surface area contributed by atoms with Crippen molar-refractivity contribution in [2.45, 2.75) is 40.0 Å². The maximum atomic E-state index is 11.7. The van der Waals surface area contributed by atoms with Gasteiger partial charge in [-0.25, -0.2) is 0 Å². The predicted molar refractivity (Wildman–Crippen MR) is 100 cm³/mol. The lowest BCUT2D eigenvalue weighted by molar-refractivity contribution is 0.278. The number of hydrogen-bond donors (Lipinski definition) is 1. The first-order valence-corrected chi connectivity index (χ1v) is 8.79. The lowest BCUT2D eigenvalue weighted by Gasteiger charge is -2.21. The Kier molecular flexibility index (Phi) is 7.90. The Labute approximate surface area is 147 Å². The summed E-state index contributed by atoms with van der Waals surface area (Å²) in [4.78, 5) is 17.0. The van der Waals surface area contributed by atoms with E-state index in [4.69, 9.17) is 11.6 Å². The molecule has 2 rings (SSSR count). The first-order valence-electron chi connectivity index (χ1n) is 7.60. The Morgan fingerprint density at radius 3 is 2.45 bits per heavy atom. The molecule has 0 aliphatic heterocycles. The van der Waals surface area contributed by atoms with Gasteiger partial charge < -0.3 is 9.88 Å². The standard InChI is InChI=1S/C16H23ClN2OS.ClH/c1-4-7-19(8-5-2)9-6-12-13(17)10-11(3)14-15(12)21-16(20)18-14;/h10H,4-9H2,1-3H3,(H,18,20);1H. The lowest BCUT2D eigenvalue weighted by atomic mass is 10.1. The highest BCUT2D eigenvalue weighted by molar-refractivity contribution is 7.16. The quantitative estimate of drug-likeness (QED) is 0.778. The summed E-state index contributed by atoms with van der Waals surface area (Å²) in [6, 6.07) is 1.96. The van der Waals surface area contributed by atoms with Gasteiger partial charge in [-0.1, -0.05) is 36.8 Å². The number of nitrogens with one attached hydrogen (secondary N) is 1. The molecule has 0 fully saturated rings. The van der Waals surface area contributed by atoms with Crippen molar-refractivity contribution >= 4 is 45.6 Å². The van der Waals surface area contributed by atoms with Crippen molar-refractivity contribution in [1.82, 2.24) is 9.88 Å². The first-order chi connectivity index (χ1) is 10.1. The molecule has 1 aromatic carbocycles. The lowest BCUT2D eigenvalue weighted by Crippen LogP contribution is -2.27. The molecule has 1 aromatic heterocycles. The number of benzene rings is 1. The third kappa shape index (κ3) is 4.48. The summed E-state index contributed by atoms with van der Waals surface area (Å²) in [7, 11) is 0. The van der Waals surface area contributed by atoms with Gasteiger partial charge in [0.05, 0.1) is 10.2 Å². The summed E-state index contributed by atoms with van der Waals surface area (Å²) in [6.07, 6.45) is 3.21. The van der Waals surface area contributed by atoms with Gasteiger partial charge in [0.2, 0.25) is 0 Å². The summed E-state index contributed by atoms with van der Waals surface area (Å²) in [5.41, 5.74) is 3.09. The van der Waals surface area contributed by atoms with E-state index in [1.54, 1.807) is 0 Å². The fourth-order valence-electron chi connectivity index (χ4n) is 2.75. The topological polar surface area (TPSA) is 36.1 Å². The van der Waals surface area contributed by atoms with Crippen LogP contribution < -0.4 is 4.87 Å². The Morgan fingerprint density at radius 1 is 1.23 bits per heavy atom. The second-order valence-corrected chi connectivity index (χ2v) is 6.85. The van der Waals surface area contributed by atoms with E-state index in [0.29, 0.717) is 0 Å². The highest BCUT2D eigenvalue weighted by atomic mass is 35.5. The van der Waals surface area contributed by atoms with Crippen LogP contribution in [-0.4, -0.2) is 29.5 Å². The van der Waals surface area contributed by atoms with Crippen LogP contribution in [0.5, 0.6) is 0 Å². The molecule has 0 radical (unpaired) electrons. The molecular weight excluding hydrogens is 339 g/mol. The highest BCUT2D eigenvalue weighted by Crippen LogP contribution is 2.30. The van der Waals surface area contributed by atoms with Gasteiger partial charge in [0.25, 0.3) is 0 Å². The van der Waals surface area contributed by atoms with Crippen LogP contribution in [-0.2, 0) is 6.42 Å². The van der Waals surface area contributed by atoms with Crippen LogP contribution in [0.4, 0.5) is 0 Å². The van der Waals surface area contributed by atoms with E-state index >= 15 is 0 Å². The van der Waals surface area contributed by atoms with Gasteiger partial charge in [0.1, 0.15) is 0 Å². The van der Waals surface area contributed by atoms with E-state index < -0.39 is 0 Å². The van der Waals surface area contributed by atoms with Gasteiger partial charge in [-0.2, -0.15) is 0 Å². The number of H-pyrrole nitrogens is 1. The molecule has 3 nitrogen and oxygen atoms in total. The molecule has 1 N–H and O–H groups in total. The third-order valence-electron chi connectivity index (χ3n) is 3.71. The maximum absolute atomic E-state index is 11.7. The van der Waals surface area contributed by atoms with Gasteiger partial charge in [-0.15, -0.1) is 12.4 Å². The molecule has 0 saturated heterocycles. The van der Waals surface area contributed by atoms with Gasteiger partial charge in [0.15, 0.2) is 0 Å². The molecular formula is C16H24Cl2N2OS. The zero-order valence-corrected chi connectivity index (χ0v) is 15.8. The van der Waals surface area contributed by atoms with Gasteiger partial charge in [-0.3, -0.25) is 4.79 Å². The molecule has 0 aliphatic carbocycles. The van der Waals surface area contributed by atoms with Crippen molar-refractivity contribution in [3.05, 3.63) is 31.9 Å². The maximum Gasteiger partial charge on any atom is 0.305 e. The minimum Gasteiger partial charge on any atom is -0.312 e. The number of halogens is 2. The van der Waals surface area contributed by atoms with Crippen LogP contribution in [0.1, 0.15) is 37.8 Å². The second kappa shape index (κ2) is 8.92. The number of hydrogen-bond acceptors (Lipinski definition) is 3. The Bertz CT molecular complexity index is 660. The number of thiazole rings is 1. The van der Waals surface area contributed by atoms with Crippen LogP contribution in [0.3, 0.4) is 0 Å². The highest BCUT2D eigenvalue weighted by Gasteiger charge is 2.13. The van der Waals surface area contributed by atoms with E-state index in [1.807, 2.05) is 13.0 Å². The molecule has 0 unspecified atom stereocenters. The van der Waals surface area contributed by atoms with Crippen molar-refractivity contribution in [2.24, 2.45) is 0 Å². The number of fused-ring (bicyclic) bond motifs is 1. The molecule has 0 aliphatic rings. The first kappa shape index (κ1) is 19.5. The summed E-state index contributed by atoms with van der Waals surface area (Å²) in [6.45, 7) is 9.62. The van der Waals surface area contributed by atoms with Gasteiger partial charge in [0, 0.05) is 11.6 Å². The summed E-state index contributed by atoms with van der Waals surface area (Å²) in [5.74, 6) is 0. The number of aromatic amines is 1. The largest absolute Gasteiger partial charge is 0.312 e. The molecule has 0 spiro atoms. The average Bonchev–Trinajstić information content (AvgIpc) is 2.81. The van der Waals surface area contributed by atoms with Crippen molar-refractivity contribution in [3.8, 4) is 0 Å². The molecule has 0 bridgehead atoms.